The van der Waals surface area contributed by atoms with Crippen LogP contribution in [0.4, 0.5) is 0 Å². The Morgan fingerprint density at radius 2 is 1.73 bits per heavy atom. The zero-order valence-corrected chi connectivity index (χ0v) is 8.47. The first-order valence-corrected chi connectivity index (χ1v) is 4.05. The number of amides is 1. The Morgan fingerprint density at radius 3 is 2.07 bits per heavy atom. The zero-order chi connectivity index (χ0) is 12.0. The summed E-state index contributed by atoms with van der Waals surface area (Å²) in [6, 6.07) is 0. The second kappa shape index (κ2) is 5.82. The number of allylic oxidation sites excluding steroid dienone is 2. The van der Waals surface area contributed by atoms with E-state index in [0.717, 1.165) is 12.2 Å². The Bertz CT molecular complexity index is 316. The topological polar surface area (TPSA) is 98.1 Å². The van der Waals surface area contributed by atoms with Crippen LogP contribution >= 0.6 is 0 Å². The summed E-state index contributed by atoms with van der Waals surface area (Å²) in [5.74, 6) is -2.85. The molecule has 0 radical (unpaired) electrons. The average Bonchev–Trinajstić information content (AvgIpc) is 2.17. The molecule has 1 amide bonds. The van der Waals surface area contributed by atoms with Gasteiger partial charge in [-0.1, -0.05) is 0 Å². The van der Waals surface area contributed by atoms with Gasteiger partial charge in [0.25, 0.3) is 5.91 Å². The molecular weight excluding hydrogens is 202 g/mol. The number of carboxylic acids is 1. The van der Waals surface area contributed by atoms with Crippen LogP contribution in [0.15, 0.2) is 23.5 Å². The second-order valence-corrected chi connectivity index (χ2v) is 2.91. The van der Waals surface area contributed by atoms with Gasteiger partial charge in [-0.3, -0.25) is 4.79 Å². The van der Waals surface area contributed by atoms with Gasteiger partial charge in [-0.15, -0.1) is 0 Å². The van der Waals surface area contributed by atoms with Crippen molar-refractivity contribution < 1.29 is 24.9 Å². The van der Waals surface area contributed by atoms with E-state index < -0.39 is 24.2 Å². The maximum atomic E-state index is 11.3. The van der Waals surface area contributed by atoms with E-state index in [1.54, 1.807) is 0 Å². The fourth-order valence-corrected chi connectivity index (χ4v) is 0.730. The lowest BCUT2D eigenvalue weighted by Crippen LogP contribution is -2.24. The van der Waals surface area contributed by atoms with E-state index in [0.29, 0.717) is 0 Å². The number of carbonyl (C=O) groups excluding carboxylic acids is 1. The van der Waals surface area contributed by atoms with E-state index in [1.807, 2.05) is 0 Å². The van der Waals surface area contributed by atoms with Gasteiger partial charge in [-0.2, -0.15) is 0 Å². The van der Waals surface area contributed by atoms with Crippen molar-refractivity contribution in [2.24, 2.45) is 0 Å². The van der Waals surface area contributed by atoms with E-state index >= 15 is 0 Å². The third-order valence-electron chi connectivity index (χ3n) is 1.51. The molecule has 0 saturated heterocycles. The highest BCUT2D eigenvalue weighted by atomic mass is 16.4. The summed E-state index contributed by atoms with van der Waals surface area (Å²) >= 11 is 0. The Kier molecular flexibility index (Phi) is 5.11. The van der Waals surface area contributed by atoms with E-state index in [9.17, 15) is 9.59 Å². The van der Waals surface area contributed by atoms with Gasteiger partial charge in [-0.05, 0) is 12.2 Å². The minimum absolute atomic E-state index is 0.00667. The van der Waals surface area contributed by atoms with Crippen molar-refractivity contribution in [1.82, 2.24) is 4.90 Å². The first-order valence-electron chi connectivity index (χ1n) is 4.05. The number of hydrogen-bond donors (Lipinski definition) is 3. The van der Waals surface area contributed by atoms with Crippen LogP contribution in [0.3, 0.4) is 0 Å². The molecule has 0 rings (SSSR count). The molecular formula is C9H13NO5. The maximum absolute atomic E-state index is 11.3. The summed E-state index contributed by atoms with van der Waals surface area (Å²) in [5, 5.41) is 25.9. The summed E-state index contributed by atoms with van der Waals surface area (Å²) in [7, 11) is 2.99. The van der Waals surface area contributed by atoms with Gasteiger partial charge in [0.1, 0.15) is 0 Å². The number of hydrogen-bond acceptors (Lipinski definition) is 4. The third kappa shape index (κ3) is 4.28. The SMILES string of the molecule is CN(C)C(=O)C(=CC=C(O)C(=O)O)CO. The van der Waals surface area contributed by atoms with Crippen LogP contribution in [0.25, 0.3) is 0 Å². The molecule has 15 heavy (non-hydrogen) atoms. The summed E-state index contributed by atoms with van der Waals surface area (Å²) < 4.78 is 0. The zero-order valence-electron chi connectivity index (χ0n) is 8.47. The standard InChI is InChI=1S/C9H13NO5/c1-10(2)8(13)6(5-11)3-4-7(12)9(14)15/h3-4,11-12H,5H2,1-2H3,(H,14,15). The van der Waals surface area contributed by atoms with Gasteiger partial charge < -0.3 is 20.2 Å². The van der Waals surface area contributed by atoms with Crippen molar-refractivity contribution >= 4 is 11.9 Å². The molecule has 0 atom stereocenters. The molecule has 3 N–H and O–H groups in total. The number of carboxylic acid groups (broad SMARTS) is 1. The van der Waals surface area contributed by atoms with Crippen molar-refractivity contribution in [3.8, 4) is 0 Å². The van der Waals surface area contributed by atoms with Crippen LogP contribution in [0.5, 0.6) is 0 Å². The van der Waals surface area contributed by atoms with Crippen molar-refractivity contribution in [1.29, 1.82) is 0 Å². The van der Waals surface area contributed by atoms with Crippen LogP contribution in [-0.2, 0) is 9.59 Å². The fourth-order valence-electron chi connectivity index (χ4n) is 0.730. The molecule has 0 aliphatic rings. The average molecular weight is 215 g/mol. The monoisotopic (exact) mass is 215 g/mol. The largest absolute Gasteiger partial charge is 0.502 e. The van der Waals surface area contributed by atoms with Gasteiger partial charge in [0.15, 0.2) is 0 Å². The molecule has 6 heteroatoms. The van der Waals surface area contributed by atoms with Gasteiger partial charge in [0, 0.05) is 19.7 Å². The Balaban J connectivity index is 4.84. The Labute approximate surface area is 86.7 Å². The predicted octanol–water partition coefficient (Wildman–Crippen LogP) is -0.480. The van der Waals surface area contributed by atoms with Gasteiger partial charge in [0.05, 0.1) is 6.61 Å². The number of aliphatic hydroxyl groups is 2. The Hall–Kier alpha value is -1.82. The molecule has 0 spiro atoms. The highest BCUT2D eigenvalue weighted by molar-refractivity contribution is 5.94. The highest BCUT2D eigenvalue weighted by Gasteiger charge is 2.10. The van der Waals surface area contributed by atoms with E-state index in [1.165, 1.54) is 19.0 Å². The quantitative estimate of drug-likeness (QED) is 0.334. The van der Waals surface area contributed by atoms with Crippen LogP contribution in [-0.4, -0.2) is 52.8 Å². The molecule has 6 nitrogen and oxygen atoms in total. The van der Waals surface area contributed by atoms with Crippen molar-refractivity contribution in [3.05, 3.63) is 23.5 Å². The van der Waals surface area contributed by atoms with Crippen molar-refractivity contribution in [3.63, 3.8) is 0 Å². The number of aliphatic carboxylic acids is 1. The van der Waals surface area contributed by atoms with Crippen LogP contribution in [0.1, 0.15) is 0 Å². The highest BCUT2D eigenvalue weighted by Crippen LogP contribution is 2.00. The molecule has 0 aromatic rings. The fraction of sp³-hybridized carbons (Fsp3) is 0.333. The lowest BCUT2D eigenvalue weighted by Gasteiger charge is -2.10. The first kappa shape index (κ1) is 13.2. The van der Waals surface area contributed by atoms with Crippen LogP contribution < -0.4 is 0 Å². The molecule has 0 heterocycles. The smallest absolute Gasteiger partial charge is 0.370 e. The summed E-state index contributed by atoms with van der Waals surface area (Å²) in [5.41, 5.74) is -0.00667. The molecule has 84 valence electrons. The van der Waals surface area contributed by atoms with Crippen molar-refractivity contribution in [2.45, 2.75) is 0 Å². The molecule has 0 aliphatic carbocycles. The maximum Gasteiger partial charge on any atom is 0.370 e. The predicted molar refractivity (Wildman–Crippen MR) is 52.2 cm³/mol. The van der Waals surface area contributed by atoms with E-state index in [4.69, 9.17) is 15.3 Å². The van der Waals surface area contributed by atoms with Gasteiger partial charge in [0.2, 0.25) is 5.76 Å². The Morgan fingerprint density at radius 1 is 1.20 bits per heavy atom. The second-order valence-electron chi connectivity index (χ2n) is 2.91. The summed E-state index contributed by atoms with van der Waals surface area (Å²) in [6.07, 6.45) is 1.90. The molecule has 0 aromatic carbocycles. The number of aliphatic hydroxyl groups excluding tert-OH is 2. The molecule has 0 saturated carbocycles. The van der Waals surface area contributed by atoms with E-state index in [-0.39, 0.29) is 5.57 Å². The van der Waals surface area contributed by atoms with Crippen molar-refractivity contribution in [2.75, 3.05) is 20.7 Å². The first-order chi connectivity index (χ1) is 6.90. The van der Waals surface area contributed by atoms with Gasteiger partial charge >= 0.3 is 5.97 Å². The van der Waals surface area contributed by atoms with Gasteiger partial charge in [-0.25, -0.2) is 4.79 Å². The van der Waals surface area contributed by atoms with Crippen LogP contribution in [0, 0.1) is 0 Å². The third-order valence-corrected chi connectivity index (χ3v) is 1.51. The normalized spacial score (nSPS) is 12.5. The minimum atomic E-state index is -1.50. The van der Waals surface area contributed by atoms with Crippen LogP contribution in [0.2, 0.25) is 0 Å². The number of rotatable bonds is 4. The molecule has 0 unspecified atom stereocenters. The lowest BCUT2D eigenvalue weighted by molar-refractivity contribution is -0.135. The number of likely N-dealkylation sites (N-methyl/N-ethyl adjacent to an activating group) is 1. The lowest BCUT2D eigenvalue weighted by atomic mass is 10.2. The molecule has 0 aromatic heterocycles. The number of carbonyl (C=O) groups is 2. The summed E-state index contributed by atoms with van der Waals surface area (Å²) in [6.45, 7) is -0.527. The minimum Gasteiger partial charge on any atom is -0.502 e. The molecule has 0 fully saturated rings. The molecule has 0 aliphatic heterocycles. The summed E-state index contributed by atoms with van der Waals surface area (Å²) in [4.78, 5) is 22.7. The number of nitrogens with zero attached hydrogens (tertiary/aromatic N) is 1. The van der Waals surface area contributed by atoms with E-state index in [2.05, 4.69) is 0 Å². The molecule has 0 bridgehead atoms.